The van der Waals surface area contributed by atoms with Crippen LogP contribution in [-0.4, -0.2) is 28.8 Å². The molecule has 1 aliphatic heterocycles. The number of carbonyl (C=O) groups is 1. The highest BCUT2D eigenvalue weighted by Gasteiger charge is 2.22. The molecule has 0 aromatic carbocycles. The van der Waals surface area contributed by atoms with E-state index in [4.69, 9.17) is 4.74 Å². The number of Topliss-reactive ketones (excluding diaryl/α,β-unsaturated/α-hetero) is 1. The maximum Gasteiger partial charge on any atom is 0.325 e. The maximum atomic E-state index is 11.8. The molecule has 5 nitrogen and oxygen atoms in total. The van der Waals surface area contributed by atoms with Gasteiger partial charge in [-0.3, -0.25) is 9.59 Å². The fourth-order valence-corrected chi connectivity index (χ4v) is 2.12. The van der Waals surface area contributed by atoms with E-state index in [1.165, 1.54) is 10.2 Å². The lowest BCUT2D eigenvalue weighted by molar-refractivity contribution is -0.126. The summed E-state index contributed by atoms with van der Waals surface area (Å²) in [6.45, 7) is 1.39. The number of carbonyl (C=O) groups excluding carboxylic acids is 1. The molecule has 1 aliphatic rings. The van der Waals surface area contributed by atoms with Crippen molar-refractivity contribution in [2.75, 3.05) is 13.2 Å². The van der Waals surface area contributed by atoms with E-state index in [9.17, 15) is 9.59 Å². The third-order valence-electron chi connectivity index (χ3n) is 2.53. The fourth-order valence-electron chi connectivity index (χ4n) is 1.64. The first-order valence-electron chi connectivity index (χ1n) is 4.88. The summed E-state index contributed by atoms with van der Waals surface area (Å²) in [4.78, 5) is 22.8. The van der Waals surface area contributed by atoms with Crippen LogP contribution in [0.2, 0.25) is 0 Å². The summed E-state index contributed by atoms with van der Waals surface area (Å²) < 4.78 is 6.40. The molecule has 0 N–H and O–H groups in total. The van der Waals surface area contributed by atoms with Gasteiger partial charge in [-0.25, -0.2) is 4.68 Å². The molecule has 0 bridgehead atoms. The molecular formula is C9H12N2O3S. The van der Waals surface area contributed by atoms with Crippen LogP contribution in [0.25, 0.3) is 0 Å². The molecule has 0 radical (unpaired) electrons. The lowest BCUT2D eigenvalue weighted by Crippen LogP contribution is -2.29. The third kappa shape index (κ3) is 2.51. The molecule has 6 heteroatoms. The van der Waals surface area contributed by atoms with Gasteiger partial charge in [0.2, 0.25) is 0 Å². The van der Waals surface area contributed by atoms with E-state index in [0.29, 0.717) is 13.2 Å². The Morgan fingerprint density at radius 3 is 2.93 bits per heavy atom. The summed E-state index contributed by atoms with van der Waals surface area (Å²) in [6, 6.07) is 0. The van der Waals surface area contributed by atoms with Gasteiger partial charge in [0.05, 0.1) is 0 Å². The first-order chi connectivity index (χ1) is 7.27. The first-order valence-corrected chi connectivity index (χ1v) is 5.76. The molecule has 0 amide bonds. The molecule has 0 aliphatic carbocycles. The molecule has 0 saturated carbocycles. The molecule has 0 unspecified atom stereocenters. The standard InChI is InChI=1S/C9H12N2O3S/c12-8(7-1-3-14-4-2-7)5-11-9(13)15-6-10-11/h6-7H,1-5H2. The lowest BCUT2D eigenvalue weighted by atomic mass is 9.95. The van der Waals surface area contributed by atoms with Crippen molar-refractivity contribution in [1.29, 1.82) is 0 Å². The predicted molar refractivity (Wildman–Crippen MR) is 54.9 cm³/mol. The predicted octanol–water partition coefficient (Wildman–Crippen LogP) is 0.300. The highest BCUT2D eigenvalue weighted by atomic mass is 32.1. The average molecular weight is 228 g/mol. The molecule has 0 spiro atoms. The Hall–Kier alpha value is -1.01. The summed E-state index contributed by atoms with van der Waals surface area (Å²) in [7, 11) is 0. The topological polar surface area (TPSA) is 61.2 Å². The van der Waals surface area contributed by atoms with Crippen LogP contribution in [0.4, 0.5) is 0 Å². The van der Waals surface area contributed by atoms with Gasteiger partial charge < -0.3 is 4.74 Å². The van der Waals surface area contributed by atoms with Crippen LogP contribution >= 0.6 is 11.3 Å². The zero-order valence-electron chi connectivity index (χ0n) is 8.22. The molecule has 1 fully saturated rings. The van der Waals surface area contributed by atoms with Crippen LogP contribution in [0.5, 0.6) is 0 Å². The largest absolute Gasteiger partial charge is 0.381 e. The summed E-state index contributed by atoms with van der Waals surface area (Å²) in [5, 5.41) is 3.82. The van der Waals surface area contributed by atoms with Gasteiger partial charge in [0.1, 0.15) is 12.1 Å². The Labute approximate surface area is 90.7 Å². The van der Waals surface area contributed by atoms with Crippen LogP contribution in [-0.2, 0) is 16.1 Å². The van der Waals surface area contributed by atoms with Crippen molar-refractivity contribution in [3.8, 4) is 0 Å². The van der Waals surface area contributed by atoms with E-state index in [0.717, 1.165) is 24.2 Å². The molecule has 15 heavy (non-hydrogen) atoms. The Bertz CT molecular complexity index is 392. The van der Waals surface area contributed by atoms with Crippen LogP contribution in [0.3, 0.4) is 0 Å². The minimum atomic E-state index is -0.171. The summed E-state index contributed by atoms with van der Waals surface area (Å²) in [5.74, 6) is 0.124. The number of nitrogens with zero attached hydrogens (tertiary/aromatic N) is 2. The van der Waals surface area contributed by atoms with Crippen LogP contribution in [0.1, 0.15) is 12.8 Å². The van der Waals surface area contributed by atoms with E-state index in [2.05, 4.69) is 5.10 Å². The highest BCUT2D eigenvalue weighted by Crippen LogP contribution is 2.15. The van der Waals surface area contributed by atoms with Crippen LogP contribution < -0.4 is 4.87 Å². The van der Waals surface area contributed by atoms with E-state index >= 15 is 0 Å². The van der Waals surface area contributed by atoms with Crippen molar-refractivity contribution >= 4 is 17.1 Å². The van der Waals surface area contributed by atoms with Gasteiger partial charge in [-0.15, -0.1) is 0 Å². The van der Waals surface area contributed by atoms with E-state index < -0.39 is 0 Å². The maximum absolute atomic E-state index is 11.8. The van der Waals surface area contributed by atoms with E-state index in [-0.39, 0.29) is 23.1 Å². The van der Waals surface area contributed by atoms with Crippen molar-refractivity contribution in [3.63, 3.8) is 0 Å². The van der Waals surface area contributed by atoms with Crippen LogP contribution in [0.15, 0.2) is 10.3 Å². The van der Waals surface area contributed by atoms with Crippen LogP contribution in [0, 0.1) is 5.92 Å². The SMILES string of the molecule is O=C(Cn1ncsc1=O)C1CCOCC1. The quantitative estimate of drug-likeness (QED) is 0.746. The lowest BCUT2D eigenvalue weighted by Gasteiger charge is -2.20. The van der Waals surface area contributed by atoms with Crippen molar-refractivity contribution in [1.82, 2.24) is 9.78 Å². The molecule has 1 aromatic heterocycles. The third-order valence-corrected chi connectivity index (χ3v) is 3.15. The Morgan fingerprint density at radius 1 is 1.60 bits per heavy atom. The van der Waals surface area contributed by atoms with Gasteiger partial charge in [0.15, 0.2) is 5.78 Å². The Balaban J connectivity index is 1.97. The summed E-state index contributed by atoms with van der Waals surface area (Å²) in [6.07, 6.45) is 1.52. The number of ketones is 1. The van der Waals surface area contributed by atoms with Gasteiger partial charge in [-0.05, 0) is 12.8 Å². The van der Waals surface area contributed by atoms with Gasteiger partial charge in [0.25, 0.3) is 0 Å². The summed E-state index contributed by atoms with van der Waals surface area (Å²) in [5.41, 5.74) is 1.46. The first kappa shape index (κ1) is 10.5. The van der Waals surface area contributed by atoms with Crippen molar-refractivity contribution < 1.29 is 9.53 Å². The molecule has 1 saturated heterocycles. The highest BCUT2D eigenvalue weighted by molar-refractivity contribution is 7.06. The molecule has 82 valence electrons. The normalized spacial score (nSPS) is 17.9. The van der Waals surface area contributed by atoms with Crippen molar-refractivity contribution in [3.05, 3.63) is 15.2 Å². The zero-order valence-corrected chi connectivity index (χ0v) is 9.03. The average Bonchev–Trinajstić information content (AvgIpc) is 2.66. The molecule has 2 rings (SSSR count). The number of hydrogen-bond donors (Lipinski definition) is 0. The fraction of sp³-hybridized carbons (Fsp3) is 0.667. The second-order valence-corrected chi connectivity index (χ2v) is 4.31. The van der Waals surface area contributed by atoms with Gasteiger partial charge in [0, 0.05) is 19.1 Å². The Kier molecular flexibility index (Phi) is 3.27. The molecule has 1 aromatic rings. The Morgan fingerprint density at radius 2 is 2.33 bits per heavy atom. The van der Waals surface area contributed by atoms with Crippen molar-refractivity contribution in [2.45, 2.75) is 19.4 Å². The van der Waals surface area contributed by atoms with E-state index in [1.54, 1.807) is 0 Å². The minimum Gasteiger partial charge on any atom is -0.381 e. The summed E-state index contributed by atoms with van der Waals surface area (Å²) >= 11 is 1.01. The number of aromatic nitrogens is 2. The number of ether oxygens (including phenoxy) is 1. The smallest absolute Gasteiger partial charge is 0.325 e. The van der Waals surface area contributed by atoms with Gasteiger partial charge >= 0.3 is 4.87 Å². The van der Waals surface area contributed by atoms with Gasteiger partial charge in [-0.2, -0.15) is 5.10 Å². The second kappa shape index (κ2) is 4.67. The molecule has 2 heterocycles. The zero-order chi connectivity index (χ0) is 10.7. The second-order valence-electron chi connectivity index (χ2n) is 3.52. The molecule has 0 atom stereocenters. The monoisotopic (exact) mass is 228 g/mol. The van der Waals surface area contributed by atoms with E-state index in [1.807, 2.05) is 0 Å². The van der Waals surface area contributed by atoms with Crippen molar-refractivity contribution in [2.24, 2.45) is 5.92 Å². The number of rotatable bonds is 3. The number of hydrogen-bond acceptors (Lipinski definition) is 5. The molecular weight excluding hydrogens is 216 g/mol. The van der Waals surface area contributed by atoms with Gasteiger partial charge in [-0.1, -0.05) is 11.3 Å². The minimum absolute atomic E-state index is 0.0346.